The van der Waals surface area contributed by atoms with Crippen LogP contribution in [0.5, 0.6) is 0 Å². The molecule has 2 aromatic carbocycles. The van der Waals surface area contributed by atoms with Gasteiger partial charge in [0.25, 0.3) is 5.91 Å². The molecule has 0 saturated heterocycles. The number of rotatable bonds is 7. The standard InChI is InChI=1S/C23H26N4O4/c1-13(2)23(4,22(24)31)26-20(28)16-10-11-17-19(18(16)21(29)30)25-14(3)27(17)12-15-8-6-5-7-9-15/h5-11,13H,12H2,1-4H3,(H2,24,31)(H,26,28)(H,29,30). The van der Waals surface area contributed by atoms with Crippen molar-refractivity contribution in [2.75, 3.05) is 0 Å². The summed E-state index contributed by atoms with van der Waals surface area (Å²) in [6.45, 7) is 7.33. The molecule has 0 aliphatic carbocycles. The number of nitrogens with one attached hydrogen (secondary N) is 1. The number of nitrogens with zero attached hydrogens (tertiary/aromatic N) is 2. The summed E-state index contributed by atoms with van der Waals surface area (Å²) in [6.07, 6.45) is 0. The molecule has 3 aromatic rings. The number of aromatic carboxylic acids is 1. The van der Waals surface area contributed by atoms with E-state index in [2.05, 4.69) is 10.3 Å². The second-order valence-corrected chi connectivity index (χ2v) is 8.07. The third-order valence-electron chi connectivity index (χ3n) is 5.79. The first kappa shape index (κ1) is 22.0. The summed E-state index contributed by atoms with van der Waals surface area (Å²) in [5, 5.41) is 12.5. The Labute approximate surface area is 180 Å². The number of aryl methyl sites for hydroxylation is 1. The molecular weight excluding hydrogens is 396 g/mol. The van der Waals surface area contributed by atoms with Gasteiger partial charge in [-0.2, -0.15) is 0 Å². The van der Waals surface area contributed by atoms with Crippen molar-refractivity contribution in [1.82, 2.24) is 14.9 Å². The molecule has 0 radical (unpaired) electrons. The summed E-state index contributed by atoms with van der Waals surface area (Å²) in [5.74, 6) is -2.33. The fraction of sp³-hybridized carbons (Fsp3) is 0.304. The van der Waals surface area contributed by atoms with E-state index in [9.17, 15) is 19.5 Å². The minimum Gasteiger partial charge on any atom is -0.478 e. The van der Waals surface area contributed by atoms with Gasteiger partial charge >= 0.3 is 5.97 Å². The number of nitrogens with two attached hydrogens (primary N) is 1. The molecule has 0 aliphatic heterocycles. The van der Waals surface area contributed by atoms with E-state index in [-0.39, 0.29) is 22.6 Å². The van der Waals surface area contributed by atoms with Crippen LogP contribution in [0.25, 0.3) is 11.0 Å². The van der Waals surface area contributed by atoms with Gasteiger partial charge in [0.2, 0.25) is 5.91 Å². The van der Waals surface area contributed by atoms with E-state index < -0.39 is 23.3 Å². The Bertz CT molecular complexity index is 1170. The lowest BCUT2D eigenvalue weighted by Gasteiger charge is -2.31. The van der Waals surface area contributed by atoms with Crippen molar-refractivity contribution in [3.63, 3.8) is 0 Å². The summed E-state index contributed by atoms with van der Waals surface area (Å²) in [4.78, 5) is 41.5. The molecule has 3 rings (SSSR count). The second-order valence-electron chi connectivity index (χ2n) is 8.07. The summed E-state index contributed by atoms with van der Waals surface area (Å²) in [6, 6.07) is 12.9. The van der Waals surface area contributed by atoms with Crippen molar-refractivity contribution in [3.05, 3.63) is 65.0 Å². The second kappa shape index (κ2) is 8.22. The average molecular weight is 422 g/mol. The molecule has 31 heavy (non-hydrogen) atoms. The highest BCUT2D eigenvalue weighted by molar-refractivity contribution is 6.12. The number of carboxylic acids is 1. The Morgan fingerprint density at radius 3 is 2.35 bits per heavy atom. The molecular formula is C23H26N4O4. The number of imidazole rings is 1. The molecule has 1 atom stereocenters. The van der Waals surface area contributed by atoms with Crippen LogP contribution in [0.4, 0.5) is 0 Å². The maximum Gasteiger partial charge on any atom is 0.338 e. The van der Waals surface area contributed by atoms with Crippen LogP contribution in [0.1, 0.15) is 52.9 Å². The molecule has 2 amide bonds. The molecule has 8 heteroatoms. The largest absolute Gasteiger partial charge is 0.478 e. The van der Waals surface area contributed by atoms with Crippen molar-refractivity contribution in [3.8, 4) is 0 Å². The number of hydrogen-bond donors (Lipinski definition) is 3. The predicted molar refractivity (Wildman–Crippen MR) is 117 cm³/mol. The Hall–Kier alpha value is -3.68. The number of aromatic nitrogens is 2. The molecule has 0 saturated carbocycles. The van der Waals surface area contributed by atoms with Gasteiger partial charge in [-0.15, -0.1) is 0 Å². The lowest BCUT2D eigenvalue weighted by atomic mass is 9.87. The average Bonchev–Trinajstić information content (AvgIpc) is 3.02. The molecule has 162 valence electrons. The highest BCUT2D eigenvalue weighted by Gasteiger charge is 2.37. The van der Waals surface area contributed by atoms with Crippen LogP contribution in [-0.4, -0.2) is 38.0 Å². The predicted octanol–water partition coefficient (Wildman–Crippen LogP) is 2.72. The number of fused-ring (bicyclic) bond motifs is 1. The first-order valence-corrected chi connectivity index (χ1v) is 9.95. The van der Waals surface area contributed by atoms with Crippen LogP contribution in [0.3, 0.4) is 0 Å². The molecule has 0 spiro atoms. The van der Waals surface area contributed by atoms with Crippen LogP contribution < -0.4 is 11.1 Å². The van der Waals surface area contributed by atoms with E-state index in [1.54, 1.807) is 26.8 Å². The third kappa shape index (κ3) is 4.01. The van der Waals surface area contributed by atoms with E-state index in [1.807, 2.05) is 34.9 Å². The molecule has 0 aliphatic rings. The van der Waals surface area contributed by atoms with Gasteiger partial charge in [0.05, 0.1) is 11.1 Å². The zero-order valence-corrected chi connectivity index (χ0v) is 18.0. The maximum atomic E-state index is 13.0. The van der Waals surface area contributed by atoms with Crippen molar-refractivity contribution < 1.29 is 19.5 Å². The molecule has 1 unspecified atom stereocenters. The third-order valence-corrected chi connectivity index (χ3v) is 5.79. The van der Waals surface area contributed by atoms with Gasteiger partial charge in [-0.25, -0.2) is 9.78 Å². The summed E-state index contributed by atoms with van der Waals surface area (Å²) in [5.41, 5.74) is 5.76. The van der Waals surface area contributed by atoms with Crippen molar-refractivity contribution >= 4 is 28.8 Å². The van der Waals surface area contributed by atoms with E-state index in [1.165, 1.54) is 13.0 Å². The van der Waals surface area contributed by atoms with E-state index >= 15 is 0 Å². The molecule has 1 heterocycles. The van der Waals surface area contributed by atoms with Crippen LogP contribution in [0.15, 0.2) is 42.5 Å². The van der Waals surface area contributed by atoms with Crippen LogP contribution >= 0.6 is 0 Å². The van der Waals surface area contributed by atoms with Gasteiger partial charge in [0, 0.05) is 6.54 Å². The zero-order valence-electron chi connectivity index (χ0n) is 18.0. The van der Waals surface area contributed by atoms with E-state index in [0.717, 1.165) is 5.56 Å². The number of carbonyl (C=O) groups is 3. The first-order chi connectivity index (χ1) is 14.6. The van der Waals surface area contributed by atoms with Crippen molar-refractivity contribution in [2.24, 2.45) is 11.7 Å². The fourth-order valence-electron chi connectivity index (χ4n) is 3.47. The summed E-state index contributed by atoms with van der Waals surface area (Å²) >= 11 is 0. The van der Waals surface area contributed by atoms with E-state index in [4.69, 9.17) is 5.73 Å². The SMILES string of the molecule is Cc1nc2c(C(=O)O)c(C(=O)NC(C)(C(N)=O)C(C)C)ccc2n1Cc1ccccc1. The van der Waals surface area contributed by atoms with E-state index in [0.29, 0.717) is 17.9 Å². The number of amides is 2. The Morgan fingerprint density at radius 1 is 1.16 bits per heavy atom. The van der Waals surface area contributed by atoms with Gasteiger partial charge in [0.1, 0.15) is 22.4 Å². The summed E-state index contributed by atoms with van der Waals surface area (Å²) in [7, 11) is 0. The minimum absolute atomic E-state index is 0.0718. The quantitative estimate of drug-likeness (QED) is 0.539. The smallest absolute Gasteiger partial charge is 0.338 e. The fourth-order valence-corrected chi connectivity index (χ4v) is 3.47. The Balaban J connectivity index is 2.10. The molecule has 4 N–H and O–H groups in total. The van der Waals surface area contributed by atoms with Gasteiger partial charge in [-0.3, -0.25) is 9.59 Å². The van der Waals surface area contributed by atoms with Crippen LogP contribution in [0.2, 0.25) is 0 Å². The van der Waals surface area contributed by atoms with Crippen molar-refractivity contribution in [1.29, 1.82) is 0 Å². The topological polar surface area (TPSA) is 127 Å². The highest BCUT2D eigenvalue weighted by Crippen LogP contribution is 2.26. The lowest BCUT2D eigenvalue weighted by Crippen LogP contribution is -2.58. The summed E-state index contributed by atoms with van der Waals surface area (Å²) < 4.78 is 1.90. The Kier molecular flexibility index (Phi) is 5.83. The van der Waals surface area contributed by atoms with Gasteiger partial charge in [-0.05, 0) is 37.5 Å². The van der Waals surface area contributed by atoms with Gasteiger partial charge in [0.15, 0.2) is 0 Å². The first-order valence-electron chi connectivity index (χ1n) is 9.95. The minimum atomic E-state index is -1.33. The number of benzene rings is 2. The van der Waals surface area contributed by atoms with Gasteiger partial charge < -0.3 is 20.7 Å². The van der Waals surface area contributed by atoms with Gasteiger partial charge in [-0.1, -0.05) is 44.2 Å². The number of carbonyl (C=O) groups excluding carboxylic acids is 2. The highest BCUT2D eigenvalue weighted by atomic mass is 16.4. The molecule has 8 nitrogen and oxygen atoms in total. The lowest BCUT2D eigenvalue weighted by molar-refractivity contribution is -0.125. The number of primary amides is 1. The zero-order chi connectivity index (χ0) is 22.9. The van der Waals surface area contributed by atoms with Crippen LogP contribution in [-0.2, 0) is 11.3 Å². The number of hydrogen-bond acceptors (Lipinski definition) is 4. The monoisotopic (exact) mass is 422 g/mol. The number of carboxylic acid groups (broad SMARTS) is 1. The maximum absolute atomic E-state index is 13.0. The Morgan fingerprint density at radius 2 is 1.81 bits per heavy atom. The van der Waals surface area contributed by atoms with Crippen LogP contribution in [0, 0.1) is 12.8 Å². The molecule has 0 bridgehead atoms. The normalized spacial score (nSPS) is 13.2. The molecule has 1 aromatic heterocycles. The van der Waals surface area contributed by atoms with Crippen molar-refractivity contribution in [2.45, 2.75) is 39.8 Å². The molecule has 0 fully saturated rings.